The highest BCUT2D eigenvalue weighted by Crippen LogP contribution is 2.19. The van der Waals surface area contributed by atoms with Crippen LogP contribution in [0.1, 0.15) is 30.1 Å². The van der Waals surface area contributed by atoms with Gasteiger partial charge in [-0.25, -0.2) is 0 Å². The summed E-state index contributed by atoms with van der Waals surface area (Å²) >= 11 is 1.58. The number of rotatable bonds is 7. The number of amides is 1. The molecule has 3 nitrogen and oxygen atoms in total. The van der Waals surface area contributed by atoms with E-state index in [2.05, 4.69) is 5.32 Å². The Hall–Kier alpha value is -1.00. The first-order valence-electron chi connectivity index (χ1n) is 6.21. The summed E-state index contributed by atoms with van der Waals surface area (Å²) in [6.07, 6.45) is 3.80. The molecule has 0 aliphatic rings. The van der Waals surface area contributed by atoms with Gasteiger partial charge in [0.1, 0.15) is 0 Å². The molecule has 2 N–H and O–H groups in total. The number of thioether (sulfide) groups is 1. The number of benzene rings is 1. The third-order valence-electron chi connectivity index (χ3n) is 2.82. The quantitative estimate of drug-likeness (QED) is 0.589. The Balaban J connectivity index is 2.41. The maximum Gasteiger partial charge on any atom is 0.252 e. The number of carbonyl (C=O) groups is 1. The molecule has 0 aliphatic heterocycles. The van der Waals surface area contributed by atoms with Gasteiger partial charge in [-0.15, -0.1) is 11.8 Å². The molecule has 1 atom stereocenters. The molecule has 0 heterocycles. The SMILES string of the molecule is CSc1ccccc1C(=O)NCCCC(C)CO. The Kier molecular flexibility index (Phi) is 6.83. The summed E-state index contributed by atoms with van der Waals surface area (Å²) in [7, 11) is 0. The van der Waals surface area contributed by atoms with E-state index in [0.717, 1.165) is 23.3 Å². The molecule has 1 aromatic rings. The lowest BCUT2D eigenvalue weighted by molar-refractivity contribution is 0.0949. The number of hydrogen-bond acceptors (Lipinski definition) is 3. The predicted octanol–water partition coefficient (Wildman–Crippen LogP) is 2.55. The molecular weight excluding hydrogens is 246 g/mol. The van der Waals surface area contributed by atoms with Gasteiger partial charge in [-0.1, -0.05) is 19.1 Å². The Bertz CT molecular complexity index is 382. The lowest BCUT2D eigenvalue weighted by Crippen LogP contribution is -2.25. The molecule has 0 spiro atoms. The smallest absolute Gasteiger partial charge is 0.252 e. The minimum Gasteiger partial charge on any atom is -0.396 e. The van der Waals surface area contributed by atoms with Crippen LogP contribution < -0.4 is 5.32 Å². The van der Waals surface area contributed by atoms with Crippen LogP contribution in [0.5, 0.6) is 0 Å². The Morgan fingerprint density at radius 1 is 1.44 bits per heavy atom. The van der Waals surface area contributed by atoms with Gasteiger partial charge in [0, 0.05) is 18.0 Å². The van der Waals surface area contributed by atoms with Gasteiger partial charge in [-0.2, -0.15) is 0 Å². The van der Waals surface area contributed by atoms with Gasteiger partial charge in [0.15, 0.2) is 0 Å². The summed E-state index contributed by atoms with van der Waals surface area (Å²) in [5.74, 6) is 0.289. The van der Waals surface area contributed by atoms with E-state index in [1.165, 1.54) is 0 Å². The fourth-order valence-corrected chi connectivity index (χ4v) is 2.27. The van der Waals surface area contributed by atoms with Gasteiger partial charge in [-0.05, 0) is 37.1 Å². The van der Waals surface area contributed by atoms with Crippen molar-refractivity contribution in [3.8, 4) is 0 Å². The highest BCUT2D eigenvalue weighted by molar-refractivity contribution is 7.98. The molecule has 1 rings (SSSR count). The van der Waals surface area contributed by atoms with Crippen molar-refractivity contribution in [1.29, 1.82) is 0 Å². The Morgan fingerprint density at radius 3 is 2.83 bits per heavy atom. The zero-order chi connectivity index (χ0) is 13.4. The number of hydrogen-bond donors (Lipinski definition) is 2. The zero-order valence-electron chi connectivity index (χ0n) is 11.0. The average Bonchev–Trinajstić information content (AvgIpc) is 2.42. The van der Waals surface area contributed by atoms with Crippen LogP contribution in [0.2, 0.25) is 0 Å². The second-order valence-corrected chi connectivity index (χ2v) is 5.23. The third kappa shape index (κ3) is 4.70. The first-order chi connectivity index (χ1) is 8.69. The van der Waals surface area contributed by atoms with Crippen molar-refractivity contribution in [2.45, 2.75) is 24.7 Å². The van der Waals surface area contributed by atoms with E-state index >= 15 is 0 Å². The first kappa shape index (κ1) is 15.1. The molecule has 0 saturated heterocycles. The zero-order valence-corrected chi connectivity index (χ0v) is 11.8. The van der Waals surface area contributed by atoms with E-state index in [9.17, 15) is 4.79 Å². The van der Waals surface area contributed by atoms with E-state index in [-0.39, 0.29) is 12.5 Å². The Labute approximate surface area is 113 Å². The number of aliphatic hydroxyl groups excluding tert-OH is 1. The first-order valence-corrected chi connectivity index (χ1v) is 7.43. The molecule has 1 amide bonds. The molecule has 1 aromatic carbocycles. The van der Waals surface area contributed by atoms with Crippen LogP contribution in [0, 0.1) is 5.92 Å². The normalized spacial score (nSPS) is 12.2. The van der Waals surface area contributed by atoms with Crippen molar-refractivity contribution < 1.29 is 9.90 Å². The summed E-state index contributed by atoms with van der Waals surface area (Å²) in [5, 5.41) is 11.8. The van der Waals surface area contributed by atoms with E-state index in [1.54, 1.807) is 11.8 Å². The summed E-state index contributed by atoms with van der Waals surface area (Å²) in [6, 6.07) is 7.61. The number of nitrogens with one attached hydrogen (secondary N) is 1. The molecule has 0 aliphatic carbocycles. The standard InChI is InChI=1S/C14H21NO2S/c1-11(10-16)6-5-9-15-14(17)12-7-3-4-8-13(12)18-2/h3-4,7-8,11,16H,5-6,9-10H2,1-2H3,(H,15,17). The molecule has 4 heteroatoms. The fraction of sp³-hybridized carbons (Fsp3) is 0.500. The van der Waals surface area contributed by atoms with Crippen molar-refractivity contribution in [2.24, 2.45) is 5.92 Å². The van der Waals surface area contributed by atoms with E-state index < -0.39 is 0 Å². The molecule has 1 unspecified atom stereocenters. The maximum absolute atomic E-state index is 12.0. The Morgan fingerprint density at radius 2 is 2.17 bits per heavy atom. The van der Waals surface area contributed by atoms with Crippen LogP contribution in [0.4, 0.5) is 0 Å². The van der Waals surface area contributed by atoms with Crippen LogP contribution in [0.25, 0.3) is 0 Å². The van der Waals surface area contributed by atoms with Crippen molar-refractivity contribution in [2.75, 3.05) is 19.4 Å². The molecule has 0 radical (unpaired) electrons. The summed E-state index contributed by atoms with van der Waals surface area (Å²) in [5.41, 5.74) is 0.736. The second kappa shape index (κ2) is 8.16. The number of aliphatic hydroxyl groups is 1. The molecule has 0 saturated carbocycles. The van der Waals surface area contributed by atoms with Gasteiger partial charge in [-0.3, -0.25) is 4.79 Å². The summed E-state index contributed by atoms with van der Waals surface area (Å²) in [4.78, 5) is 13.0. The van der Waals surface area contributed by atoms with Crippen LogP contribution in [-0.2, 0) is 0 Å². The molecule has 0 fully saturated rings. The predicted molar refractivity (Wildman–Crippen MR) is 76.0 cm³/mol. The van der Waals surface area contributed by atoms with Gasteiger partial charge >= 0.3 is 0 Å². The lowest BCUT2D eigenvalue weighted by Gasteiger charge is -2.10. The fourth-order valence-electron chi connectivity index (χ4n) is 1.67. The average molecular weight is 267 g/mol. The van der Waals surface area contributed by atoms with Crippen LogP contribution >= 0.6 is 11.8 Å². The van der Waals surface area contributed by atoms with Gasteiger partial charge in [0.05, 0.1) is 5.56 Å². The van der Waals surface area contributed by atoms with Crippen LogP contribution in [0.15, 0.2) is 29.2 Å². The molecule has 0 bridgehead atoms. The van der Waals surface area contributed by atoms with Gasteiger partial charge < -0.3 is 10.4 Å². The van der Waals surface area contributed by atoms with Crippen molar-refractivity contribution in [1.82, 2.24) is 5.32 Å². The third-order valence-corrected chi connectivity index (χ3v) is 3.62. The second-order valence-electron chi connectivity index (χ2n) is 4.39. The highest BCUT2D eigenvalue weighted by atomic mass is 32.2. The van der Waals surface area contributed by atoms with Gasteiger partial charge in [0.25, 0.3) is 5.91 Å². The lowest BCUT2D eigenvalue weighted by atomic mass is 10.1. The minimum absolute atomic E-state index is 0.0170. The topological polar surface area (TPSA) is 49.3 Å². The summed E-state index contributed by atoms with van der Waals surface area (Å²) in [6.45, 7) is 2.87. The van der Waals surface area contributed by atoms with Crippen molar-refractivity contribution in [3.05, 3.63) is 29.8 Å². The largest absolute Gasteiger partial charge is 0.396 e. The summed E-state index contributed by atoms with van der Waals surface area (Å²) < 4.78 is 0. The van der Waals surface area contributed by atoms with Crippen molar-refractivity contribution in [3.63, 3.8) is 0 Å². The molecule has 100 valence electrons. The monoisotopic (exact) mass is 267 g/mol. The highest BCUT2D eigenvalue weighted by Gasteiger charge is 2.09. The van der Waals surface area contributed by atoms with Crippen LogP contribution in [-0.4, -0.2) is 30.4 Å². The maximum atomic E-state index is 12.0. The van der Waals surface area contributed by atoms with E-state index in [1.807, 2.05) is 37.4 Å². The van der Waals surface area contributed by atoms with E-state index in [4.69, 9.17) is 5.11 Å². The molecular formula is C14H21NO2S. The number of carbonyl (C=O) groups excluding carboxylic acids is 1. The molecule has 0 aromatic heterocycles. The van der Waals surface area contributed by atoms with Crippen LogP contribution in [0.3, 0.4) is 0 Å². The molecule has 18 heavy (non-hydrogen) atoms. The minimum atomic E-state index is -0.0170. The van der Waals surface area contributed by atoms with Gasteiger partial charge in [0.2, 0.25) is 0 Å². The van der Waals surface area contributed by atoms with Crippen molar-refractivity contribution >= 4 is 17.7 Å². The van der Waals surface area contributed by atoms with E-state index in [0.29, 0.717) is 12.5 Å².